The molecule has 1 aliphatic rings. The van der Waals surface area contributed by atoms with Crippen LogP contribution in [-0.2, 0) is 13.1 Å². The molecule has 0 aliphatic carbocycles. The Labute approximate surface area is 234 Å². The Bertz CT molecular complexity index is 1360. The van der Waals surface area contributed by atoms with Crippen molar-refractivity contribution >= 4 is 28.8 Å². The second-order valence-corrected chi connectivity index (χ2v) is 14.3. The van der Waals surface area contributed by atoms with E-state index in [4.69, 9.17) is 9.47 Å². The standard InChI is InChI=1S/C34H38N2O2Si/c1-35(2)23-27-11-7-9-13-31(27)39(32-14-10-8-12-28(32)24-36(3)4)33(25-15-19-29(37-5)20-16-25)34(39)26-17-21-30(38-6)22-18-26/h7-22H,23-24H2,1-6H3. The highest BCUT2D eigenvalue weighted by Crippen LogP contribution is 2.54. The van der Waals surface area contributed by atoms with E-state index in [-0.39, 0.29) is 0 Å². The summed E-state index contributed by atoms with van der Waals surface area (Å²) in [5.41, 5.74) is 5.33. The number of methoxy groups -OCH3 is 2. The van der Waals surface area contributed by atoms with E-state index >= 15 is 0 Å². The van der Waals surface area contributed by atoms with Crippen LogP contribution in [0.2, 0.25) is 0 Å². The summed E-state index contributed by atoms with van der Waals surface area (Å²) in [5.74, 6) is 1.75. The first-order chi connectivity index (χ1) is 18.9. The Balaban J connectivity index is 1.83. The SMILES string of the molecule is COc1ccc(C2=C(c3ccc(OC)cc3)[Si]2(c2ccccc2CN(C)C)c2ccccc2CN(C)C)cc1. The van der Waals surface area contributed by atoms with Crippen molar-refractivity contribution < 1.29 is 9.47 Å². The molecule has 4 aromatic rings. The monoisotopic (exact) mass is 534 g/mol. The van der Waals surface area contributed by atoms with Gasteiger partial charge in [-0.25, -0.2) is 0 Å². The summed E-state index contributed by atoms with van der Waals surface area (Å²) < 4.78 is 11.0. The Morgan fingerprint density at radius 1 is 0.513 bits per heavy atom. The summed E-state index contributed by atoms with van der Waals surface area (Å²) in [6.45, 7) is 1.79. The summed E-state index contributed by atoms with van der Waals surface area (Å²) in [7, 11) is 9.53. The average molecular weight is 535 g/mol. The Morgan fingerprint density at radius 2 is 0.872 bits per heavy atom. The van der Waals surface area contributed by atoms with Crippen LogP contribution in [0.4, 0.5) is 0 Å². The fraction of sp³-hybridized carbons (Fsp3) is 0.235. The zero-order valence-electron chi connectivity index (χ0n) is 23.9. The molecular formula is C34H38N2O2Si. The molecule has 0 fully saturated rings. The summed E-state index contributed by atoms with van der Waals surface area (Å²) in [6, 6.07) is 35.5. The van der Waals surface area contributed by atoms with Crippen LogP contribution in [-0.4, -0.2) is 60.3 Å². The smallest absolute Gasteiger partial charge is 0.181 e. The van der Waals surface area contributed by atoms with Crippen LogP contribution in [0.5, 0.6) is 11.5 Å². The number of hydrogen-bond acceptors (Lipinski definition) is 4. The lowest BCUT2D eigenvalue weighted by molar-refractivity contribution is 0.403. The molecule has 1 heterocycles. The highest BCUT2D eigenvalue weighted by molar-refractivity contribution is 7.39. The van der Waals surface area contributed by atoms with E-state index in [9.17, 15) is 0 Å². The zero-order chi connectivity index (χ0) is 27.6. The van der Waals surface area contributed by atoms with Gasteiger partial charge in [-0.3, -0.25) is 0 Å². The van der Waals surface area contributed by atoms with Gasteiger partial charge in [0.1, 0.15) is 11.5 Å². The fourth-order valence-electron chi connectivity index (χ4n) is 5.93. The minimum absolute atomic E-state index is 0.874. The lowest BCUT2D eigenvalue weighted by Gasteiger charge is -2.27. The molecule has 0 radical (unpaired) electrons. The van der Waals surface area contributed by atoms with Gasteiger partial charge >= 0.3 is 0 Å². The van der Waals surface area contributed by atoms with Gasteiger partial charge in [-0.2, -0.15) is 0 Å². The van der Waals surface area contributed by atoms with E-state index in [0.717, 1.165) is 24.6 Å². The minimum atomic E-state index is -2.53. The van der Waals surface area contributed by atoms with Crippen molar-refractivity contribution in [3.05, 3.63) is 119 Å². The molecular weight excluding hydrogens is 496 g/mol. The molecule has 0 N–H and O–H groups in total. The summed E-state index contributed by atoms with van der Waals surface area (Å²) >= 11 is 0. The molecule has 0 saturated carbocycles. The Hall–Kier alpha value is -3.64. The molecule has 5 heteroatoms. The molecule has 0 saturated heterocycles. The van der Waals surface area contributed by atoms with Crippen molar-refractivity contribution in [2.45, 2.75) is 13.1 Å². The zero-order valence-corrected chi connectivity index (χ0v) is 24.9. The van der Waals surface area contributed by atoms with E-state index in [1.54, 1.807) is 14.2 Å². The summed E-state index contributed by atoms with van der Waals surface area (Å²) in [5, 5.41) is 5.91. The number of hydrogen-bond donors (Lipinski definition) is 0. The normalized spacial score (nSPS) is 14.2. The second-order valence-electron chi connectivity index (χ2n) is 10.7. The topological polar surface area (TPSA) is 24.9 Å². The molecule has 0 atom stereocenters. The number of ether oxygens (including phenoxy) is 2. The van der Waals surface area contributed by atoms with Crippen LogP contribution < -0.4 is 19.8 Å². The van der Waals surface area contributed by atoms with Crippen LogP contribution in [0.1, 0.15) is 22.3 Å². The van der Waals surface area contributed by atoms with Gasteiger partial charge in [0.15, 0.2) is 8.07 Å². The van der Waals surface area contributed by atoms with Gasteiger partial charge in [-0.15, -0.1) is 0 Å². The van der Waals surface area contributed by atoms with Crippen LogP contribution in [0.25, 0.3) is 10.4 Å². The van der Waals surface area contributed by atoms with E-state index in [1.165, 1.54) is 43.0 Å². The maximum Gasteiger partial charge on any atom is 0.181 e. The van der Waals surface area contributed by atoms with E-state index in [2.05, 4.69) is 135 Å². The van der Waals surface area contributed by atoms with Gasteiger partial charge in [-0.05, 0) is 95.5 Å². The predicted molar refractivity (Wildman–Crippen MR) is 165 cm³/mol. The first-order valence-corrected chi connectivity index (χ1v) is 15.4. The van der Waals surface area contributed by atoms with Crippen molar-refractivity contribution in [3.8, 4) is 11.5 Å². The van der Waals surface area contributed by atoms with Crippen molar-refractivity contribution in [1.82, 2.24) is 9.80 Å². The fourth-order valence-corrected chi connectivity index (χ4v) is 11.7. The molecule has 4 nitrogen and oxygen atoms in total. The molecule has 200 valence electrons. The Kier molecular flexibility index (Phi) is 7.76. The lowest BCUT2D eigenvalue weighted by Crippen LogP contribution is -2.53. The molecule has 0 aromatic heterocycles. The van der Waals surface area contributed by atoms with Gasteiger partial charge in [0, 0.05) is 13.1 Å². The maximum atomic E-state index is 5.52. The van der Waals surface area contributed by atoms with Crippen molar-refractivity contribution in [1.29, 1.82) is 0 Å². The van der Waals surface area contributed by atoms with Gasteiger partial charge in [-0.1, -0.05) is 72.8 Å². The number of benzene rings is 4. The molecule has 0 spiro atoms. The van der Waals surface area contributed by atoms with E-state index in [1.807, 2.05) is 0 Å². The van der Waals surface area contributed by atoms with Gasteiger partial charge in [0.25, 0.3) is 0 Å². The Morgan fingerprint density at radius 3 is 1.21 bits per heavy atom. The average Bonchev–Trinajstić information content (AvgIpc) is 3.63. The molecule has 1 aliphatic heterocycles. The van der Waals surface area contributed by atoms with Crippen molar-refractivity contribution in [2.75, 3.05) is 42.4 Å². The highest BCUT2D eigenvalue weighted by Gasteiger charge is 2.60. The largest absolute Gasteiger partial charge is 0.497 e. The molecule has 0 amide bonds. The van der Waals surface area contributed by atoms with E-state index < -0.39 is 8.07 Å². The minimum Gasteiger partial charge on any atom is -0.497 e. The first kappa shape index (κ1) is 26.9. The molecule has 0 bridgehead atoms. The third kappa shape index (κ3) is 5.05. The lowest BCUT2D eigenvalue weighted by atomic mass is 10.1. The summed E-state index contributed by atoms with van der Waals surface area (Å²) in [4.78, 5) is 4.55. The van der Waals surface area contributed by atoms with Crippen LogP contribution in [0, 0.1) is 0 Å². The number of nitrogens with zero attached hydrogens (tertiary/aromatic N) is 2. The van der Waals surface area contributed by atoms with Gasteiger partial charge in [0.2, 0.25) is 0 Å². The van der Waals surface area contributed by atoms with Gasteiger partial charge < -0.3 is 19.3 Å². The molecule has 0 unspecified atom stereocenters. The van der Waals surface area contributed by atoms with Crippen molar-refractivity contribution in [3.63, 3.8) is 0 Å². The molecule has 39 heavy (non-hydrogen) atoms. The van der Waals surface area contributed by atoms with Crippen molar-refractivity contribution in [2.24, 2.45) is 0 Å². The highest BCUT2D eigenvalue weighted by atomic mass is 28.3. The third-order valence-electron chi connectivity index (χ3n) is 7.51. The maximum absolute atomic E-state index is 5.52. The second kappa shape index (κ2) is 11.2. The molecule has 4 aromatic carbocycles. The quantitative estimate of drug-likeness (QED) is 0.265. The first-order valence-electron chi connectivity index (χ1n) is 13.4. The van der Waals surface area contributed by atoms with E-state index in [0.29, 0.717) is 0 Å². The number of rotatable bonds is 10. The summed E-state index contributed by atoms with van der Waals surface area (Å²) in [6.07, 6.45) is 0. The van der Waals surface area contributed by atoms with Gasteiger partial charge in [0.05, 0.1) is 14.2 Å². The van der Waals surface area contributed by atoms with Crippen LogP contribution >= 0.6 is 0 Å². The van der Waals surface area contributed by atoms with Crippen LogP contribution in [0.3, 0.4) is 0 Å². The molecule has 5 rings (SSSR count). The third-order valence-corrected chi connectivity index (χ3v) is 12.4. The van der Waals surface area contributed by atoms with Crippen LogP contribution in [0.15, 0.2) is 97.1 Å². The predicted octanol–water partition coefficient (Wildman–Crippen LogP) is 5.09.